The molecule has 0 bridgehead atoms. The summed E-state index contributed by atoms with van der Waals surface area (Å²) < 4.78 is 19.4. The van der Waals surface area contributed by atoms with Gasteiger partial charge in [-0.2, -0.15) is 0 Å². The topological polar surface area (TPSA) is 29.5 Å². The van der Waals surface area contributed by atoms with E-state index in [4.69, 9.17) is 4.74 Å². The molecule has 0 amide bonds. The lowest BCUT2D eigenvalue weighted by Gasteiger charge is -2.15. The fourth-order valence-corrected chi connectivity index (χ4v) is 2.59. The van der Waals surface area contributed by atoms with Crippen LogP contribution in [0.5, 0.6) is 5.75 Å². The van der Waals surface area contributed by atoms with Crippen molar-refractivity contribution < 1.29 is 14.2 Å². The molecule has 0 saturated heterocycles. The Balaban J connectivity index is 2.14. The van der Waals surface area contributed by atoms with Crippen molar-refractivity contribution in [1.29, 1.82) is 0 Å². The molecule has 1 unspecified atom stereocenters. The monoisotopic (exact) mass is 352 g/mol. The number of hydrogen-bond acceptors (Lipinski definition) is 2. The van der Waals surface area contributed by atoms with Crippen LogP contribution in [0.15, 0.2) is 46.9 Å². The molecular weight excluding hydrogens is 335 g/mol. The minimum atomic E-state index is -0.664. The molecule has 0 radical (unpaired) electrons. The molecule has 1 N–H and O–H groups in total. The van der Waals surface area contributed by atoms with Crippen LogP contribution in [0, 0.1) is 5.82 Å². The number of benzene rings is 2. The highest BCUT2D eigenvalue weighted by molar-refractivity contribution is 9.10. The van der Waals surface area contributed by atoms with Gasteiger partial charge in [0.1, 0.15) is 11.6 Å². The summed E-state index contributed by atoms with van der Waals surface area (Å²) in [5.74, 6) is 0.437. The Hall–Kier alpha value is -1.39. The SMILES string of the molecule is CC(C)Oc1cccc(C(O)Cc2ccc(F)cc2Br)c1. The van der Waals surface area contributed by atoms with E-state index in [1.807, 2.05) is 38.1 Å². The van der Waals surface area contributed by atoms with E-state index in [9.17, 15) is 9.50 Å². The highest BCUT2D eigenvalue weighted by Crippen LogP contribution is 2.26. The molecule has 4 heteroatoms. The molecule has 0 fully saturated rings. The Morgan fingerprint density at radius 2 is 1.95 bits per heavy atom. The molecule has 0 aromatic heterocycles. The molecule has 112 valence electrons. The minimum absolute atomic E-state index is 0.0867. The van der Waals surface area contributed by atoms with Crippen LogP contribution in [0.4, 0.5) is 4.39 Å². The van der Waals surface area contributed by atoms with Gasteiger partial charge in [0.25, 0.3) is 0 Å². The van der Waals surface area contributed by atoms with Crippen LogP contribution in [0.2, 0.25) is 0 Å². The molecule has 0 heterocycles. The largest absolute Gasteiger partial charge is 0.491 e. The molecule has 0 saturated carbocycles. The molecule has 0 spiro atoms. The Morgan fingerprint density at radius 1 is 1.19 bits per heavy atom. The summed E-state index contributed by atoms with van der Waals surface area (Å²) in [6, 6.07) is 11.9. The van der Waals surface area contributed by atoms with Crippen LogP contribution in [-0.2, 0) is 6.42 Å². The predicted octanol–water partition coefficient (Wildman–Crippen LogP) is 4.65. The fraction of sp³-hybridized carbons (Fsp3) is 0.294. The Morgan fingerprint density at radius 3 is 2.62 bits per heavy atom. The number of aliphatic hydroxyl groups is 1. The van der Waals surface area contributed by atoms with Crippen LogP contribution in [0.3, 0.4) is 0 Å². The van der Waals surface area contributed by atoms with Gasteiger partial charge in [-0.25, -0.2) is 4.39 Å². The number of aliphatic hydroxyl groups excluding tert-OH is 1. The maximum Gasteiger partial charge on any atom is 0.124 e. The second-order valence-electron chi connectivity index (χ2n) is 5.19. The lowest BCUT2D eigenvalue weighted by atomic mass is 10.0. The summed E-state index contributed by atoms with van der Waals surface area (Å²) in [6.07, 6.45) is -0.169. The number of halogens is 2. The average Bonchev–Trinajstić information content (AvgIpc) is 2.41. The van der Waals surface area contributed by atoms with Crippen LogP contribution >= 0.6 is 15.9 Å². The molecular formula is C17H18BrFO2. The van der Waals surface area contributed by atoms with E-state index >= 15 is 0 Å². The summed E-state index contributed by atoms with van der Waals surface area (Å²) in [5.41, 5.74) is 1.64. The highest BCUT2D eigenvalue weighted by atomic mass is 79.9. The summed E-state index contributed by atoms with van der Waals surface area (Å²) in [4.78, 5) is 0. The van der Waals surface area contributed by atoms with Crippen LogP contribution in [0.1, 0.15) is 31.1 Å². The summed E-state index contributed by atoms with van der Waals surface area (Å²) in [5, 5.41) is 10.4. The number of hydrogen-bond donors (Lipinski definition) is 1. The highest BCUT2D eigenvalue weighted by Gasteiger charge is 2.12. The lowest BCUT2D eigenvalue weighted by molar-refractivity contribution is 0.177. The zero-order chi connectivity index (χ0) is 15.4. The van der Waals surface area contributed by atoms with Gasteiger partial charge in [-0.3, -0.25) is 0 Å². The third-order valence-corrected chi connectivity index (χ3v) is 3.78. The second kappa shape index (κ2) is 7.05. The van der Waals surface area contributed by atoms with E-state index in [-0.39, 0.29) is 11.9 Å². The molecule has 2 rings (SSSR count). The predicted molar refractivity (Wildman–Crippen MR) is 85.0 cm³/mol. The molecule has 2 aromatic carbocycles. The molecule has 0 aliphatic rings. The van der Waals surface area contributed by atoms with Gasteiger partial charge < -0.3 is 9.84 Å². The zero-order valence-electron chi connectivity index (χ0n) is 12.0. The lowest BCUT2D eigenvalue weighted by Crippen LogP contribution is -2.07. The first-order valence-corrected chi connectivity index (χ1v) is 7.63. The Kier molecular flexibility index (Phi) is 5.37. The molecule has 2 aromatic rings. The summed E-state index contributed by atoms with van der Waals surface area (Å²) >= 11 is 3.32. The first kappa shape index (κ1) is 16.0. The van der Waals surface area contributed by atoms with E-state index in [1.165, 1.54) is 12.1 Å². The quantitative estimate of drug-likeness (QED) is 0.848. The van der Waals surface area contributed by atoms with Crippen molar-refractivity contribution in [3.05, 3.63) is 63.9 Å². The number of ether oxygens (including phenoxy) is 1. The number of rotatable bonds is 5. The minimum Gasteiger partial charge on any atom is -0.491 e. The van der Waals surface area contributed by atoms with E-state index in [1.54, 1.807) is 6.07 Å². The maximum absolute atomic E-state index is 13.1. The zero-order valence-corrected chi connectivity index (χ0v) is 13.6. The van der Waals surface area contributed by atoms with Crippen LogP contribution in [0.25, 0.3) is 0 Å². The van der Waals surface area contributed by atoms with Crippen molar-refractivity contribution in [1.82, 2.24) is 0 Å². The van der Waals surface area contributed by atoms with Crippen LogP contribution < -0.4 is 4.74 Å². The van der Waals surface area contributed by atoms with Crippen molar-refractivity contribution in [2.75, 3.05) is 0 Å². The van der Waals surface area contributed by atoms with Gasteiger partial charge in [0, 0.05) is 10.9 Å². The van der Waals surface area contributed by atoms with E-state index < -0.39 is 6.10 Å². The normalized spacial score (nSPS) is 12.5. The van der Waals surface area contributed by atoms with Gasteiger partial charge in [-0.05, 0) is 49.2 Å². The Bertz CT molecular complexity index is 613. The molecule has 0 aliphatic heterocycles. The average molecular weight is 353 g/mol. The first-order chi connectivity index (χ1) is 9.95. The molecule has 1 atom stereocenters. The first-order valence-electron chi connectivity index (χ1n) is 6.84. The Labute approximate surface area is 132 Å². The molecule has 2 nitrogen and oxygen atoms in total. The van der Waals surface area contributed by atoms with Gasteiger partial charge >= 0.3 is 0 Å². The van der Waals surface area contributed by atoms with E-state index in [0.717, 1.165) is 16.9 Å². The molecule has 21 heavy (non-hydrogen) atoms. The van der Waals surface area contributed by atoms with Gasteiger partial charge in [-0.1, -0.05) is 34.1 Å². The van der Waals surface area contributed by atoms with Crippen molar-refractivity contribution >= 4 is 15.9 Å². The smallest absolute Gasteiger partial charge is 0.124 e. The van der Waals surface area contributed by atoms with Gasteiger partial charge in [0.2, 0.25) is 0 Å². The van der Waals surface area contributed by atoms with E-state index in [0.29, 0.717) is 10.9 Å². The molecule has 0 aliphatic carbocycles. The van der Waals surface area contributed by atoms with Crippen molar-refractivity contribution in [3.63, 3.8) is 0 Å². The maximum atomic E-state index is 13.1. The van der Waals surface area contributed by atoms with E-state index in [2.05, 4.69) is 15.9 Å². The third-order valence-electron chi connectivity index (χ3n) is 3.04. The summed E-state index contributed by atoms with van der Waals surface area (Å²) in [6.45, 7) is 3.91. The van der Waals surface area contributed by atoms with Gasteiger partial charge in [-0.15, -0.1) is 0 Å². The fourth-order valence-electron chi connectivity index (χ4n) is 2.08. The van der Waals surface area contributed by atoms with Gasteiger partial charge in [0.05, 0.1) is 12.2 Å². The second-order valence-corrected chi connectivity index (χ2v) is 6.05. The van der Waals surface area contributed by atoms with Crippen molar-refractivity contribution in [3.8, 4) is 5.75 Å². The summed E-state index contributed by atoms with van der Waals surface area (Å²) in [7, 11) is 0. The van der Waals surface area contributed by atoms with Gasteiger partial charge in [0.15, 0.2) is 0 Å². The van der Waals surface area contributed by atoms with Crippen molar-refractivity contribution in [2.24, 2.45) is 0 Å². The third kappa shape index (κ3) is 4.55. The van der Waals surface area contributed by atoms with Crippen molar-refractivity contribution in [2.45, 2.75) is 32.5 Å². The van der Waals surface area contributed by atoms with Crippen LogP contribution in [-0.4, -0.2) is 11.2 Å². The standard InChI is InChI=1S/C17H18BrFO2/c1-11(2)21-15-5-3-4-13(8-15)17(20)9-12-6-7-14(19)10-16(12)18/h3-8,10-11,17,20H,9H2,1-2H3.